The van der Waals surface area contributed by atoms with Crippen molar-refractivity contribution in [2.75, 3.05) is 59.3 Å². The summed E-state index contributed by atoms with van der Waals surface area (Å²) in [6.07, 6.45) is 28.6. The number of rotatable bonds is 37. The second-order valence-electron chi connectivity index (χ2n) is 13.2. The molecule has 0 unspecified atom stereocenters. The van der Waals surface area contributed by atoms with Gasteiger partial charge in [0.2, 0.25) is 0 Å². The summed E-state index contributed by atoms with van der Waals surface area (Å²) in [6.45, 7) is 11.4. The molecule has 0 aliphatic rings. The molecule has 9 heteroatoms. The summed E-state index contributed by atoms with van der Waals surface area (Å²) in [5.74, 6) is 5.94. The number of ether oxygens (including phenoxy) is 5. The lowest BCUT2D eigenvalue weighted by Gasteiger charge is -2.21. The molecule has 0 spiro atoms. The zero-order chi connectivity index (χ0) is 38.0. The Morgan fingerprint density at radius 2 is 1.15 bits per heavy atom. The Labute approximate surface area is 318 Å². The van der Waals surface area contributed by atoms with Crippen molar-refractivity contribution in [3.05, 3.63) is 24.3 Å². The van der Waals surface area contributed by atoms with Crippen molar-refractivity contribution in [1.82, 2.24) is 4.90 Å². The lowest BCUT2D eigenvalue weighted by Crippen LogP contribution is -2.29. The second-order valence-corrected chi connectivity index (χ2v) is 13.2. The van der Waals surface area contributed by atoms with E-state index < -0.39 is 6.16 Å². The fraction of sp³-hybridized carbons (Fsp3) is 0.814. The largest absolute Gasteiger partial charge is 0.508 e. The minimum Gasteiger partial charge on any atom is -0.466 e. The predicted octanol–water partition coefficient (Wildman–Crippen LogP) is 10.1. The van der Waals surface area contributed by atoms with Crippen LogP contribution < -0.4 is 0 Å². The van der Waals surface area contributed by atoms with Gasteiger partial charge in [0.15, 0.2) is 6.29 Å². The number of carbonyl (C=O) groups is 2. The average molecular weight is 736 g/mol. The van der Waals surface area contributed by atoms with Crippen LogP contribution in [0.2, 0.25) is 0 Å². The standard InChI is InChI=1S/C43H77NO8/c1-4-7-10-13-16-20-28-39-51-43(47)52-40-29-22-24-33-44(34-35-45)32-23-17-21-25-36-48-41(46)30-31-42(49-37-26-18-14-11-8-5-2)50-38-27-19-15-12-9-6-3/h8-9,11-12,42,45H,4-7,10,13-15,17-19,21-40H2,1-3H3/b11-8-,12-9-. The molecule has 0 aliphatic heterocycles. The van der Waals surface area contributed by atoms with E-state index in [0.29, 0.717) is 52.2 Å². The maximum absolute atomic E-state index is 12.4. The van der Waals surface area contributed by atoms with Crippen LogP contribution >= 0.6 is 0 Å². The normalized spacial score (nSPS) is 11.5. The van der Waals surface area contributed by atoms with Crippen molar-refractivity contribution < 1.29 is 38.4 Å². The van der Waals surface area contributed by atoms with Crippen molar-refractivity contribution >= 4 is 12.1 Å². The molecule has 9 nitrogen and oxygen atoms in total. The molecule has 0 amide bonds. The van der Waals surface area contributed by atoms with Crippen LogP contribution in [0.1, 0.15) is 162 Å². The quantitative estimate of drug-likeness (QED) is 0.0220. The number of nitrogens with zero attached hydrogens (tertiary/aromatic N) is 1. The zero-order valence-corrected chi connectivity index (χ0v) is 33.6. The van der Waals surface area contributed by atoms with Crippen LogP contribution in [-0.2, 0) is 28.5 Å². The summed E-state index contributed by atoms with van der Waals surface area (Å²) in [7, 11) is 0. The van der Waals surface area contributed by atoms with E-state index >= 15 is 0 Å². The number of carbonyl (C=O) groups excluding carboxylic acids is 2. The summed E-state index contributed by atoms with van der Waals surface area (Å²) >= 11 is 0. The number of aliphatic hydroxyl groups is 1. The van der Waals surface area contributed by atoms with Gasteiger partial charge >= 0.3 is 12.1 Å². The number of esters is 1. The highest BCUT2D eigenvalue weighted by atomic mass is 16.7. The van der Waals surface area contributed by atoms with Gasteiger partial charge in [-0.2, -0.15) is 0 Å². The first-order chi connectivity index (χ1) is 25.6. The first kappa shape index (κ1) is 49.6. The Bertz CT molecular complexity index is 889. The second kappa shape index (κ2) is 41.4. The molecular formula is C43H77NO8. The molecule has 0 bridgehead atoms. The van der Waals surface area contributed by atoms with Gasteiger partial charge in [-0.25, -0.2) is 4.79 Å². The zero-order valence-electron chi connectivity index (χ0n) is 33.6. The van der Waals surface area contributed by atoms with Crippen LogP contribution in [0.5, 0.6) is 0 Å². The van der Waals surface area contributed by atoms with Gasteiger partial charge in [0.05, 0.1) is 26.2 Å². The lowest BCUT2D eigenvalue weighted by molar-refractivity contribution is -0.159. The van der Waals surface area contributed by atoms with Gasteiger partial charge in [-0.3, -0.25) is 4.79 Å². The van der Waals surface area contributed by atoms with Crippen molar-refractivity contribution in [2.24, 2.45) is 0 Å². The molecule has 0 heterocycles. The van der Waals surface area contributed by atoms with E-state index in [1.807, 2.05) is 0 Å². The highest BCUT2D eigenvalue weighted by Gasteiger charge is 2.13. The molecule has 302 valence electrons. The number of allylic oxidation sites excluding steroid dienone is 4. The van der Waals surface area contributed by atoms with E-state index in [4.69, 9.17) is 23.7 Å². The molecule has 0 rings (SSSR count). The topological polar surface area (TPSA) is 104 Å². The average Bonchev–Trinajstić information content (AvgIpc) is 3.14. The van der Waals surface area contributed by atoms with E-state index in [1.54, 1.807) is 0 Å². The maximum Gasteiger partial charge on any atom is 0.508 e. The third-order valence-corrected chi connectivity index (χ3v) is 8.39. The highest BCUT2D eigenvalue weighted by Crippen LogP contribution is 2.11. The number of unbranched alkanes of at least 4 members (excludes halogenated alkanes) is 12. The number of hydrogen-bond acceptors (Lipinski definition) is 9. The minimum atomic E-state index is -0.623. The number of aliphatic hydroxyl groups excluding tert-OH is 1. The van der Waals surface area contributed by atoms with Crippen molar-refractivity contribution in [1.29, 1.82) is 0 Å². The van der Waals surface area contributed by atoms with E-state index in [2.05, 4.69) is 61.8 Å². The van der Waals surface area contributed by atoms with E-state index in [9.17, 15) is 14.7 Å². The highest BCUT2D eigenvalue weighted by molar-refractivity contribution is 5.69. The van der Waals surface area contributed by atoms with Crippen LogP contribution in [0.4, 0.5) is 4.79 Å². The molecule has 52 heavy (non-hydrogen) atoms. The molecule has 0 aromatic carbocycles. The SMILES string of the molecule is CC/C=C\CCCCOC(CCC(=O)OCCCCCCN(CCO)CCCCCOC(=O)OCCC#CCCCCC)OCCCC/C=C\CC. The van der Waals surface area contributed by atoms with E-state index in [0.717, 1.165) is 122 Å². The Balaban J connectivity index is 4.04. The van der Waals surface area contributed by atoms with Crippen molar-refractivity contribution in [3.63, 3.8) is 0 Å². The third-order valence-electron chi connectivity index (χ3n) is 8.39. The molecule has 0 aromatic heterocycles. The van der Waals surface area contributed by atoms with Crippen molar-refractivity contribution in [3.8, 4) is 11.8 Å². The smallest absolute Gasteiger partial charge is 0.466 e. The first-order valence-electron chi connectivity index (χ1n) is 20.8. The summed E-state index contributed by atoms with van der Waals surface area (Å²) in [6, 6.07) is 0. The monoisotopic (exact) mass is 736 g/mol. The molecular weight excluding hydrogens is 658 g/mol. The van der Waals surface area contributed by atoms with Gasteiger partial charge in [0.25, 0.3) is 0 Å². The molecule has 0 saturated carbocycles. The Kier molecular flexibility index (Phi) is 39.5. The summed E-state index contributed by atoms with van der Waals surface area (Å²) in [5, 5.41) is 9.48. The van der Waals surface area contributed by atoms with E-state index in [1.165, 1.54) is 12.8 Å². The summed E-state index contributed by atoms with van der Waals surface area (Å²) < 4.78 is 27.8. The summed E-state index contributed by atoms with van der Waals surface area (Å²) in [5.41, 5.74) is 0. The van der Waals surface area contributed by atoms with Crippen LogP contribution in [-0.4, -0.2) is 87.7 Å². The van der Waals surface area contributed by atoms with Gasteiger partial charge in [0, 0.05) is 39.0 Å². The third kappa shape index (κ3) is 37.4. The van der Waals surface area contributed by atoms with Crippen LogP contribution in [0, 0.1) is 11.8 Å². The maximum atomic E-state index is 12.4. The van der Waals surface area contributed by atoms with E-state index in [-0.39, 0.29) is 25.5 Å². The fourth-order valence-corrected chi connectivity index (χ4v) is 5.34. The molecule has 0 aromatic rings. The Morgan fingerprint density at radius 1 is 0.596 bits per heavy atom. The van der Waals surface area contributed by atoms with Crippen LogP contribution in [0.3, 0.4) is 0 Å². The van der Waals surface area contributed by atoms with Gasteiger partial charge in [-0.1, -0.05) is 76.7 Å². The van der Waals surface area contributed by atoms with Gasteiger partial charge in [-0.05, 0) is 103 Å². The first-order valence-corrected chi connectivity index (χ1v) is 20.8. The molecule has 0 fully saturated rings. The number of hydrogen-bond donors (Lipinski definition) is 1. The van der Waals surface area contributed by atoms with Crippen LogP contribution in [0.25, 0.3) is 0 Å². The van der Waals surface area contributed by atoms with Gasteiger partial charge in [0.1, 0.15) is 6.61 Å². The molecule has 0 aliphatic carbocycles. The molecule has 1 N–H and O–H groups in total. The Hall–Kier alpha value is -2.38. The van der Waals surface area contributed by atoms with Gasteiger partial charge in [-0.15, -0.1) is 5.92 Å². The molecule has 0 saturated heterocycles. The predicted molar refractivity (Wildman–Crippen MR) is 212 cm³/mol. The Morgan fingerprint density at radius 3 is 1.77 bits per heavy atom. The molecule has 0 radical (unpaired) electrons. The fourth-order valence-electron chi connectivity index (χ4n) is 5.34. The van der Waals surface area contributed by atoms with Gasteiger partial charge < -0.3 is 33.7 Å². The molecule has 0 atom stereocenters. The van der Waals surface area contributed by atoms with Crippen LogP contribution in [0.15, 0.2) is 24.3 Å². The van der Waals surface area contributed by atoms with Crippen molar-refractivity contribution in [2.45, 2.75) is 168 Å². The summed E-state index contributed by atoms with van der Waals surface area (Å²) in [4.78, 5) is 26.4. The minimum absolute atomic E-state index is 0.137. The lowest BCUT2D eigenvalue weighted by atomic mass is 10.2.